The number of nitrogens with zero attached hydrogens (tertiary/aromatic N) is 1. The number of fused-ring (bicyclic) bond motifs is 1. The molecule has 1 aromatic carbocycles. The molecular weight excluding hydrogens is 376 g/mol. The Balaban J connectivity index is 1.36. The molecule has 0 bridgehead atoms. The molecule has 8 heteroatoms. The third kappa shape index (κ3) is 3.39. The second-order valence-electron chi connectivity index (χ2n) is 7.67. The van der Waals surface area contributed by atoms with Gasteiger partial charge in [0.25, 0.3) is 5.91 Å². The normalized spacial score (nSPS) is 24.2. The van der Waals surface area contributed by atoms with Crippen LogP contribution in [0.3, 0.4) is 0 Å². The number of carbonyl (C=O) groups is 4. The number of urea groups is 1. The molecule has 3 amide bonds. The molecule has 2 fully saturated rings. The average molecular weight is 398 g/mol. The number of rotatable bonds is 5. The van der Waals surface area contributed by atoms with Gasteiger partial charge in [-0.3, -0.25) is 19.3 Å². The number of Topliss-reactive ketones (excluding diaryl/α,β-unsaturated/α-hetero) is 1. The van der Waals surface area contributed by atoms with Crippen LogP contribution in [-0.2, 0) is 14.3 Å². The molecule has 29 heavy (non-hydrogen) atoms. The molecule has 1 saturated carbocycles. The molecule has 8 nitrogen and oxygen atoms in total. The Morgan fingerprint density at radius 2 is 2.07 bits per heavy atom. The summed E-state index contributed by atoms with van der Waals surface area (Å²) in [4.78, 5) is 50.4. The third-order valence-corrected chi connectivity index (χ3v) is 5.85. The van der Waals surface area contributed by atoms with E-state index in [1.807, 2.05) is 13.0 Å². The SMILES string of the molecule is C[C@@H]1CCCC[C@]12NC(=O)N(CC(=O)OCC(=O)c1cc3ccccc3o1)C2=O. The predicted octanol–water partition coefficient (Wildman–Crippen LogP) is 2.66. The number of hydrogen-bond donors (Lipinski definition) is 1. The van der Waals surface area contributed by atoms with Crippen molar-refractivity contribution < 1.29 is 28.3 Å². The quantitative estimate of drug-likeness (QED) is 0.472. The fourth-order valence-electron chi connectivity index (χ4n) is 4.15. The zero-order valence-electron chi connectivity index (χ0n) is 16.1. The Labute approximate surface area is 167 Å². The first kappa shape index (κ1) is 19.2. The van der Waals surface area contributed by atoms with E-state index in [0.717, 1.165) is 29.5 Å². The van der Waals surface area contributed by atoms with Crippen molar-refractivity contribution in [2.75, 3.05) is 13.2 Å². The van der Waals surface area contributed by atoms with Crippen LogP contribution in [0.2, 0.25) is 0 Å². The minimum atomic E-state index is -0.931. The lowest BCUT2D eigenvalue weighted by Gasteiger charge is -2.36. The van der Waals surface area contributed by atoms with Crippen LogP contribution in [0.5, 0.6) is 0 Å². The van der Waals surface area contributed by atoms with Gasteiger partial charge in [0.2, 0.25) is 5.78 Å². The molecule has 1 N–H and O–H groups in total. The number of carbonyl (C=O) groups excluding carboxylic acids is 4. The van der Waals surface area contributed by atoms with Crippen molar-refractivity contribution in [2.24, 2.45) is 5.92 Å². The van der Waals surface area contributed by atoms with Crippen LogP contribution < -0.4 is 5.32 Å². The Hall–Kier alpha value is -3.16. The molecule has 1 aliphatic carbocycles. The predicted molar refractivity (Wildman–Crippen MR) is 102 cm³/mol. The zero-order valence-corrected chi connectivity index (χ0v) is 16.1. The Bertz CT molecular complexity index is 963. The first-order chi connectivity index (χ1) is 13.9. The van der Waals surface area contributed by atoms with Crippen LogP contribution in [0.15, 0.2) is 34.7 Å². The summed E-state index contributed by atoms with van der Waals surface area (Å²) in [6.07, 6.45) is 3.27. The number of nitrogens with one attached hydrogen (secondary N) is 1. The van der Waals surface area contributed by atoms with E-state index in [4.69, 9.17) is 9.15 Å². The molecule has 2 aromatic rings. The molecule has 2 aliphatic rings. The summed E-state index contributed by atoms with van der Waals surface area (Å²) in [5.74, 6) is -1.62. The smallest absolute Gasteiger partial charge is 0.326 e. The van der Waals surface area contributed by atoms with Crippen LogP contribution in [-0.4, -0.2) is 47.3 Å². The number of ether oxygens (including phenoxy) is 1. The van der Waals surface area contributed by atoms with E-state index in [-0.39, 0.29) is 11.7 Å². The molecule has 4 rings (SSSR count). The second-order valence-corrected chi connectivity index (χ2v) is 7.67. The average Bonchev–Trinajstić information content (AvgIpc) is 3.24. The van der Waals surface area contributed by atoms with Crippen molar-refractivity contribution in [1.29, 1.82) is 0 Å². The van der Waals surface area contributed by atoms with E-state index >= 15 is 0 Å². The van der Waals surface area contributed by atoms with Gasteiger partial charge in [0, 0.05) is 5.39 Å². The standard InChI is InChI=1S/C21H22N2O6/c1-13-6-4-5-9-21(13)19(26)23(20(27)22-21)11-18(25)28-12-15(24)17-10-14-7-2-3-8-16(14)29-17/h2-3,7-8,10,13H,4-6,9,11-12H2,1H3,(H,22,27)/t13-,21+/m1/s1. The van der Waals surface area contributed by atoms with Crippen molar-refractivity contribution in [3.63, 3.8) is 0 Å². The lowest BCUT2D eigenvalue weighted by atomic mass is 9.73. The molecule has 152 valence electrons. The van der Waals surface area contributed by atoms with Gasteiger partial charge in [-0.25, -0.2) is 4.79 Å². The van der Waals surface area contributed by atoms with Crippen LogP contribution in [0.25, 0.3) is 11.0 Å². The fraction of sp³-hybridized carbons (Fsp3) is 0.429. The first-order valence-corrected chi connectivity index (χ1v) is 9.72. The number of para-hydroxylation sites is 1. The molecular formula is C21H22N2O6. The van der Waals surface area contributed by atoms with Gasteiger partial charge in [0.15, 0.2) is 12.4 Å². The number of hydrogen-bond acceptors (Lipinski definition) is 6. The summed E-state index contributed by atoms with van der Waals surface area (Å²) >= 11 is 0. The summed E-state index contributed by atoms with van der Waals surface area (Å²) in [5.41, 5.74) is -0.368. The molecule has 1 saturated heterocycles. The molecule has 0 unspecified atom stereocenters. The van der Waals surface area contributed by atoms with Gasteiger partial charge in [-0.05, 0) is 30.9 Å². The minimum Gasteiger partial charge on any atom is -0.456 e. The minimum absolute atomic E-state index is 0.00313. The van der Waals surface area contributed by atoms with E-state index in [0.29, 0.717) is 12.0 Å². The molecule has 1 aromatic heterocycles. The highest BCUT2D eigenvalue weighted by Gasteiger charge is 2.55. The van der Waals surface area contributed by atoms with Gasteiger partial charge in [-0.1, -0.05) is 38.0 Å². The van der Waals surface area contributed by atoms with Crippen molar-refractivity contribution in [3.8, 4) is 0 Å². The highest BCUT2D eigenvalue weighted by molar-refractivity contribution is 6.09. The van der Waals surface area contributed by atoms with Gasteiger partial charge in [0.05, 0.1) is 0 Å². The van der Waals surface area contributed by atoms with Gasteiger partial charge in [-0.15, -0.1) is 0 Å². The molecule has 0 radical (unpaired) electrons. The highest BCUT2D eigenvalue weighted by atomic mass is 16.5. The lowest BCUT2D eigenvalue weighted by molar-refractivity contribution is -0.147. The summed E-state index contributed by atoms with van der Waals surface area (Å²) < 4.78 is 10.4. The Morgan fingerprint density at radius 1 is 1.28 bits per heavy atom. The number of amides is 3. The molecule has 1 spiro atoms. The van der Waals surface area contributed by atoms with Gasteiger partial charge in [0.1, 0.15) is 17.7 Å². The number of imide groups is 1. The van der Waals surface area contributed by atoms with Crippen LogP contribution in [0.4, 0.5) is 4.79 Å². The van der Waals surface area contributed by atoms with Gasteiger partial charge < -0.3 is 14.5 Å². The molecule has 2 heterocycles. The second kappa shape index (κ2) is 7.35. The van der Waals surface area contributed by atoms with Crippen LogP contribution in [0.1, 0.15) is 43.2 Å². The fourth-order valence-corrected chi connectivity index (χ4v) is 4.15. The number of ketones is 1. The largest absolute Gasteiger partial charge is 0.456 e. The maximum atomic E-state index is 12.9. The van der Waals surface area contributed by atoms with Crippen molar-refractivity contribution in [3.05, 3.63) is 36.1 Å². The van der Waals surface area contributed by atoms with Crippen molar-refractivity contribution in [1.82, 2.24) is 10.2 Å². The van der Waals surface area contributed by atoms with E-state index in [9.17, 15) is 19.2 Å². The monoisotopic (exact) mass is 398 g/mol. The van der Waals surface area contributed by atoms with Crippen molar-refractivity contribution in [2.45, 2.75) is 38.1 Å². The summed E-state index contributed by atoms with van der Waals surface area (Å²) in [6, 6.07) is 8.14. The van der Waals surface area contributed by atoms with Crippen molar-refractivity contribution >= 4 is 34.7 Å². The van der Waals surface area contributed by atoms with E-state index in [1.165, 1.54) is 0 Å². The maximum Gasteiger partial charge on any atom is 0.326 e. The van der Waals surface area contributed by atoms with E-state index < -0.39 is 42.4 Å². The maximum absolute atomic E-state index is 12.9. The van der Waals surface area contributed by atoms with E-state index in [2.05, 4.69) is 5.32 Å². The summed E-state index contributed by atoms with van der Waals surface area (Å²) in [6.45, 7) is 0.890. The topological polar surface area (TPSA) is 106 Å². The lowest BCUT2D eigenvalue weighted by Crippen LogP contribution is -2.54. The van der Waals surface area contributed by atoms with Crippen LogP contribution >= 0.6 is 0 Å². The van der Waals surface area contributed by atoms with Gasteiger partial charge >= 0.3 is 12.0 Å². The van der Waals surface area contributed by atoms with Crippen LogP contribution in [0, 0.1) is 5.92 Å². The summed E-state index contributed by atoms with van der Waals surface area (Å²) in [5, 5.41) is 3.55. The Kier molecular flexibility index (Phi) is 4.86. The van der Waals surface area contributed by atoms with Gasteiger partial charge in [-0.2, -0.15) is 0 Å². The number of furan rings is 1. The third-order valence-electron chi connectivity index (χ3n) is 5.85. The number of benzene rings is 1. The Morgan fingerprint density at radius 3 is 2.83 bits per heavy atom. The summed E-state index contributed by atoms with van der Waals surface area (Å²) in [7, 11) is 0. The highest BCUT2D eigenvalue weighted by Crippen LogP contribution is 2.38. The zero-order chi connectivity index (χ0) is 20.6. The molecule has 2 atom stereocenters. The van der Waals surface area contributed by atoms with E-state index in [1.54, 1.807) is 24.3 Å². The number of esters is 1. The first-order valence-electron chi connectivity index (χ1n) is 9.72. The molecule has 1 aliphatic heterocycles.